The molecular formula is C36H28N8. The molecular weight excluding hydrogens is 544 g/mol. The highest BCUT2D eigenvalue weighted by atomic mass is 15.3. The number of benzene rings is 4. The highest BCUT2D eigenvalue weighted by molar-refractivity contribution is 6.28. The molecule has 8 bridgehead atoms. The van der Waals surface area contributed by atoms with Crippen molar-refractivity contribution in [1.82, 2.24) is 10.2 Å². The Bertz CT molecular complexity index is 2160. The van der Waals surface area contributed by atoms with E-state index in [1.165, 1.54) is 11.1 Å². The van der Waals surface area contributed by atoms with E-state index in [9.17, 15) is 0 Å². The van der Waals surface area contributed by atoms with Crippen LogP contribution in [0.15, 0.2) is 109 Å². The van der Waals surface area contributed by atoms with Crippen LogP contribution in [0.25, 0.3) is 0 Å². The lowest BCUT2D eigenvalue weighted by Crippen LogP contribution is -2.38. The minimum Gasteiger partial charge on any atom is -0.346 e. The fraction of sp³-hybridized carbons (Fsp3) is 0.167. The van der Waals surface area contributed by atoms with Gasteiger partial charge in [-0.05, 0) is 38.0 Å². The second-order valence-electron chi connectivity index (χ2n) is 11.9. The number of hydrogen-bond donors (Lipinski definition) is 1. The summed E-state index contributed by atoms with van der Waals surface area (Å²) in [5.74, 6) is 4.15. The largest absolute Gasteiger partial charge is 0.346 e. The Kier molecular flexibility index (Phi) is 5.12. The van der Waals surface area contributed by atoms with E-state index in [1.807, 2.05) is 24.3 Å². The van der Waals surface area contributed by atoms with E-state index in [2.05, 4.69) is 92.6 Å². The SMILES string of the molecule is Cc1ccc2c(c1)C1N=C2/N=C2N=C(/N=C3\NC(c4cc(C)c(C)cc43)N(C)C3=N/C(=N\1)c1ccccc13)c1ccccc1\2. The molecule has 2 atom stereocenters. The first-order valence-corrected chi connectivity index (χ1v) is 14.8. The van der Waals surface area contributed by atoms with Gasteiger partial charge in [-0.1, -0.05) is 78.4 Å². The van der Waals surface area contributed by atoms with Crippen molar-refractivity contribution in [2.75, 3.05) is 7.05 Å². The maximum atomic E-state index is 5.19. The molecule has 5 aliphatic heterocycles. The molecule has 8 heteroatoms. The van der Waals surface area contributed by atoms with Crippen LogP contribution in [0.2, 0.25) is 0 Å². The van der Waals surface area contributed by atoms with Crippen LogP contribution in [-0.2, 0) is 0 Å². The highest BCUT2D eigenvalue weighted by Gasteiger charge is 2.37. The van der Waals surface area contributed by atoms with Gasteiger partial charge in [-0.3, -0.25) is 0 Å². The Labute approximate surface area is 255 Å². The van der Waals surface area contributed by atoms with Crippen LogP contribution in [-0.4, -0.2) is 47.0 Å². The third kappa shape index (κ3) is 3.57. The molecule has 4 aromatic rings. The normalized spacial score (nSPS) is 23.9. The quantitative estimate of drug-likeness (QED) is 0.290. The number of amidine groups is 6. The molecule has 0 amide bonds. The molecule has 0 radical (unpaired) electrons. The summed E-state index contributed by atoms with van der Waals surface area (Å²) in [6, 6.07) is 27.2. The third-order valence-corrected chi connectivity index (χ3v) is 9.10. The molecule has 9 rings (SSSR count). The lowest BCUT2D eigenvalue weighted by Gasteiger charge is -2.28. The maximum absolute atomic E-state index is 5.19. The number of aliphatic imine (C=N–C) groups is 6. The van der Waals surface area contributed by atoms with Crippen molar-refractivity contribution >= 4 is 35.0 Å². The third-order valence-electron chi connectivity index (χ3n) is 9.10. The second kappa shape index (κ2) is 9.00. The van der Waals surface area contributed by atoms with Gasteiger partial charge in [-0.25, -0.2) is 30.0 Å². The van der Waals surface area contributed by atoms with E-state index in [0.717, 1.165) is 61.7 Å². The number of aryl methyl sites for hydroxylation is 3. The Morgan fingerprint density at radius 2 is 1.18 bits per heavy atom. The molecule has 212 valence electrons. The average Bonchev–Trinajstić information content (AvgIpc) is 3.76. The van der Waals surface area contributed by atoms with Crippen molar-refractivity contribution in [1.29, 1.82) is 0 Å². The van der Waals surface area contributed by atoms with Crippen molar-refractivity contribution in [3.8, 4) is 0 Å². The summed E-state index contributed by atoms with van der Waals surface area (Å²) >= 11 is 0. The number of hydrogen-bond acceptors (Lipinski definition) is 8. The fourth-order valence-corrected chi connectivity index (χ4v) is 6.66. The standard InChI is InChI=1S/C36H28N8/c1-18-13-14-24-26(15-18)33-39-31(24)38-29-21-9-5-6-10-22(21)30(37-29)40-34-27-16-19(2)20(3)17-28(27)36(43-34)44(4)35-25-12-8-7-11-23(25)32(41-33)42-35/h5-17,33,36H,1-4H3,(H,37,38,39,40,43)/b41-32-. The van der Waals surface area contributed by atoms with E-state index >= 15 is 0 Å². The molecule has 0 aliphatic carbocycles. The molecule has 1 N–H and O–H groups in total. The van der Waals surface area contributed by atoms with Crippen LogP contribution in [0.5, 0.6) is 0 Å². The first-order valence-electron chi connectivity index (χ1n) is 14.8. The van der Waals surface area contributed by atoms with Crippen molar-refractivity contribution in [2.45, 2.75) is 33.1 Å². The molecule has 44 heavy (non-hydrogen) atoms. The Morgan fingerprint density at radius 3 is 1.93 bits per heavy atom. The molecule has 2 unspecified atom stereocenters. The summed E-state index contributed by atoms with van der Waals surface area (Å²) in [4.78, 5) is 32.9. The van der Waals surface area contributed by atoms with E-state index in [-0.39, 0.29) is 6.17 Å². The van der Waals surface area contributed by atoms with Gasteiger partial charge in [0.25, 0.3) is 0 Å². The first-order chi connectivity index (χ1) is 21.4. The monoisotopic (exact) mass is 572 g/mol. The first kappa shape index (κ1) is 25.0. The van der Waals surface area contributed by atoms with Crippen molar-refractivity contribution in [3.05, 3.63) is 140 Å². The highest BCUT2D eigenvalue weighted by Crippen LogP contribution is 2.37. The van der Waals surface area contributed by atoms with Crippen molar-refractivity contribution in [2.24, 2.45) is 30.0 Å². The minimum atomic E-state index is -0.464. The molecule has 0 saturated heterocycles. The zero-order chi connectivity index (χ0) is 29.7. The Hall–Kier alpha value is -5.50. The summed E-state index contributed by atoms with van der Waals surface area (Å²) in [7, 11) is 2.08. The molecule has 0 fully saturated rings. The topological polar surface area (TPSA) is 89.4 Å². The van der Waals surface area contributed by atoms with Crippen molar-refractivity contribution < 1.29 is 0 Å². The van der Waals surface area contributed by atoms with Crippen molar-refractivity contribution in [3.63, 3.8) is 0 Å². The maximum Gasteiger partial charge on any atom is 0.170 e. The predicted octanol–water partition coefficient (Wildman–Crippen LogP) is 5.78. The minimum absolute atomic E-state index is 0.188. The van der Waals surface area contributed by atoms with Gasteiger partial charge in [-0.2, -0.15) is 0 Å². The molecule has 0 aromatic heterocycles. The Balaban J connectivity index is 1.33. The molecule has 5 aliphatic rings. The Morgan fingerprint density at radius 1 is 0.568 bits per heavy atom. The van der Waals surface area contributed by atoms with E-state index in [0.29, 0.717) is 23.3 Å². The lowest BCUT2D eigenvalue weighted by molar-refractivity contribution is 0.363. The second-order valence-corrected chi connectivity index (χ2v) is 11.9. The fourth-order valence-electron chi connectivity index (χ4n) is 6.66. The van der Waals surface area contributed by atoms with Gasteiger partial charge in [0.15, 0.2) is 29.5 Å². The zero-order valence-corrected chi connectivity index (χ0v) is 24.8. The van der Waals surface area contributed by atoms with Gasteiger partial charge in [0.05, 0.1) is 0 Å². The average molecular weight is 573 g/mol. The molecule has 5 heterocycles. The molecule has 0 saturated carbocycles. The number of nitrogens with zero attached hydrogens (tertiary/aromatic N) is 7. The van der Waals surface area contributed by atoms with Crippen LogP contribution in [0.1, 0.15) is 73.5 Å². The van der Waals surface area contributed by atoms with E-state index < -0.39 is 6.17 Å². The van der Waals surface area contributed by atoms with Crippen LogP contribution < -0.4 is 5.32 Å². The van der Waals surface area contributed by atoms with Crippen LogP contribution in [0.4, 0.5) is 0 Å². The van der Waals surface area contributed by atoms with E-state index in [1.54, 1.807) is 0 Å². The summed E-state index contributed by atoms with van der Waals surface area (Å²) in [5.41, 5.74) is 11.7. The summed E-state index contributed by atoms with van der Waals surface area (Å²) in [6.45, 7) is 6.38. The zero-order valence-electron chi connectivity index (χ0n) is 24.8. The van der Waals surface area contributed by atoms with Gasteiger partial charge in [-0.15, -0.1) is 0 Å². The van der Waals surface area contributed by atoms with Crippen LogP contribution in [0.3, 0.4) is 0 Å². The smallest absolute Gasteiger partial charge is 0.170 e. The van der Waals surface area contributed by atoms with E-state index in [4.69, 9.17) is 30.0 Å². The summed E-state index contributed by atoms with van der Waals surface area (Å²) in [5, 5.41) is 3.73. The lowest BCUT2D eigenvalue weighted by atomic mass is 9.99. The molecule has 4 aromatic carbocycles. The number of rotatable bonds is 0. The summed E-state index contributed by atoms with van der Waals surface area (Å²) < 4.78 is 0. The van der Waals surface area contributed by atoms with Crippen LogP contribution >= 0.6 is 0 Å². The number of fused-ring (bicyclic) bond motifs is 17. The predicted molar refractivity (Wildman–Crippen MR) is 176 cm³/mol. The van der Waals surface area contributed by atoms with Gasteiger partial charge in [0, 0.05) is 51.6 Å². The van der Waals surface area contributed by atoms with Gasteiger partial charge in [0.1, 0.15) is 17.8 Å². The number of nitrogens with one attached hydrogen (secondary N) is 1. The van der Waals surface area contributed by atoms with Gasteiger partial charge in [0.2, 0.25) is 0 Å². The molecule has 8 nitrogen and oxygen atoms in total. The van der Waals surface area contributed by atoms with Gasteiger partial charge < -0.3 is 10.2 Å². The summed E-state index contributed by atoms with van der Waals surface area (Å²) in [6.07, 6.45) is -0.652. The van der Waals surface area contributed by atoms with Gasteiger partial charge >= 0.3 is 0 Å². The molecule has 0 spiro atoms. The van der Waals surface area contributed by atoms with Crippen LogP contribution in [0, 0.1) is 20.8 Å².